The van der Waals surface area contributed by atoms with Gasteiger partial charge in [0.15, 0.2) is 0 Å². The van der Waals surface area contributed by atoms with Gasteiger partial charge in [-0.05, 0) is 26.0 Å². The Morgan fingerprint density at radius 3 is 2.93 bits per heavy atom. The van der Waals surface area contributed by atoms with Gasteiger partial charge < -0.3 is 5.73 Å². The number of aryl methyl sites for hydroxylation is 1. The number of hydrogen-bond donors (Lipinski definition) is 1. The first-order valence-corrected chi connectivity index (χ1v) is 4.86. The summed E-state index contributed by atoms with van der Waals surface area (Å²) in [4.78, 5) is 8.68. The van der Waals surface area contributed by atoms with Gasteiger partial charge in [-0.15, -0.1) is 0 Å². The quantitative estimate of drug-likeness (QED) is 0.766. The second-order valence-corrected chi connectivity index (χ2v) is 3.42. The van der Waals surface area contributed by atoms with Crippen LogP contribution in [0.25, 0.3) is 16.6 Å². The van der Waals surface area contributed by atoms with Gasteiger partial charge in [-0.2, -0.15) is 0 Å². The number of allylic oxidation sites excluding steroid dienone is 1. The number of aromatic nitrogens is 2. The van der Waals surface area contributed by atoms with Crippen LogP contribution in [-0.4, -0.2) is 9.97 Å². The van der Waals surface area contributed by atoms with Gasteiger partial charge in [0.25, 0.3) is 0 Å². The van der Waals surface area contributed by atoms with E-state index < -0.39 is 0 Å². The van der Waals surface area contributed by atoms with Gasteiger partial charge in [0.2, 0.25) is 0 Å². The third kappa shape index (κ3) is 1.56. The Kier molecular flexibility index (Phi) is 2.37. The summed E-state index contributed by atoms with van der Waals surface area (Å²) in [5.41, 5.74) is 9.37. The predicted octanol–water partition coefficient (Wildman–Crippen LogP) is 2.26. The van der Waals surface area contributed by atoms with Crippen LogP contribution in [0.4, 0.5) is 0 Å². The van der Waals surface area contributed by atoms with E-state index in [2.05, 4.69) is 9.97 Å². The molecule has 0 aromatic carbocycles. The number of pyridine rings is 2. The number of nitrogens with two attached hydrogens (primary N) is 1. The molecular formula is C12H13N3. The second kappa shape index (κ2) is 3.69. The van der Waals surface area contributed by atoms with Crippen LogP contribution >= 0.6 is 0 Å². The van der Waals surface area contributed by atoms with Crippen molar-refractivity contribution in [1.82, 2.24) is 9.97 Å². The fourth-order valence-corrected chi connectivity index (χ4v) is 1.61. The molecule has 0 aliphatic rings. The Labute approximate surface area is 88.7 Å². The number of nitrogens with zero attached hydrogens (tertiary/aromatic N) is 2. The number of hydrogen-bond acceptors (Lipinski definition) is 3. The van der Waals surface area contributed by atoms with Gasteiger partial charge in [-0.3, -0.25) is 9.97 Å². The second-order valence-electron chi connectivity index (χ2n) is 3.42. The zero-order chi connectivity index (χ0) is 10.8. The third-order valence-electron chi connectivity index (χ3n) is 2.47. The first kappa shape index (κ1) is 9.65. The molecule has 0 spiro atoms. The Hall–Kier alpha value is -1.90. The molecule has 0 aliphatic carbocycles. The van der Waals surface area contributed by atoms with E-state index in [-0.39, 0.29) is 0 Å². The van der Waals surface area contributed by atoms with Crippen LogP contribution in [0.15, 0.2) is 30.6 Å². The maximum atomic E-state index is 5.86. The highest BCUT2D eigenvalue weighted by Gasteiger charge is 2.06. The minimum absolute atomic E-state index is 0.694. The Morgan fingerprint density at radius 2 is 2.20 bits per heavy atom. The van der Waals surface area contributed by atoms with Crippen LogP contribution in [0.3, 0.4) is 0 Å². The lowest BCUT2D eigenvalue weighted by molar-refractivity contribution is 1.21. The molecule has 0 saturated heterocycles. The highest BCUT2D eigenvalue weighted by Crippen LogP contribution is 2.20. The SMILES string of the molecule is C/C=C(/N)c1ncc2cccnc2c1C. The molecule has 2 aromatic heterocycles. The number of rotatable bonds is 1. The summed E-state index contributed by atoms with van der Waals surface area (Å²) >= 11 is 0. The van der Waals surface area contributed by atoms with Crippen molar-refractivity contribution in [3.05, 3.63) is 41.9 Å². The van der Waals surface area contributed by atoms with Crippen LogP contribution < -0.4 is 5.73 Å². The summed E-state index contributed by atoms with van der Waals surface area (Å²) in [7, 11) is 0. The molecule has 15 heavy (non-hydrogen) atoms. The van der Waals surface area contributed by atoms with Gasteiger partial charge in [0.05, 0.1) is 16.9 Å². The molecule has 3 nitrogen and oxygen atoms in total. The largest absolute Gasteiger partial charge is 0.397 e. The summed E-state index contributed by atoms with van der Waals surface area (Å²) in [6.45, 7) is 3.90. The van der Waals surface area contributed by atoms with E-state index >= 15 is 0 Å². The van der Waals surface area contributed by atoms with Gasteiger partial charge in [0.1, 0.15) is 0 Å². The number of fused-ring (bicyclic) bond motifs is 1. The zero-order valence-electron chi connectivity index (χ0n) is 8.86. The summed E-state index contributed by atoms with van der Waals surface area (Å²) < 4.78 is 0. The molecular weight excluding hydrogens is 186 g/mol. The van der Waals surface area contributed by atoms with E-state index in [0.717, 1.165) is 22.2 Å². The molecule has 2 heterocycles. The maximum Gasteiger partial charge on any atom is 0.0906 e. The normalized spacial score (nSPS) is 12.0. The fraction of sp³-hybridized carbons (Fsp3) is 0.167. The molecule has 0 unspecified atom stereocenters. The Bertz CT molecular complexity index is 529. The monoisotopic (exact) mass is 199 g/mol. The molecule has 2 rings (SSSR count). The van der Waals surface area contributed by atoms with Crippen molar-refractivity contribution in [3.8, 4) is 0 Å². The van der Waals surface area contributed by atoms with Crippen LogP contribution in [-0.2, 0) is 0 Å². The first-order chi connectivity index (χ1) is 7.24. The van der Waals surface area contributed by atoms with E-state index in [1.54, 1.807) is 12.4 Å². The van der Waals surface area contributed by atoms with Crippen molar-refractivity contribution in [2.24, 2.45) is 5.73 Å². The van der Waals surface area contributed by atoms with Crippen LogP contribution in [0, 0.1) is 6.92 Å². The van der Waals surface area contributed by atoms with Gasteiger partial charge in [0, 0.05) is 23.3 Å². The van der Waals surface area contributed by atoms with Crippen molar-refractivity contribution in [1.29, 1.82) is 0 Å². The fourth-order valence-electron chi connectivity index (χ4n) is 1.61. The van der Waals surface area contributed by atoms with Gasteiger partial charge in [-0.1, -0.05) is 6.08 Å². The maximum absolute atomic E-state index is 5.86. The van der Waals surface area contributed by atoms with Crippen LogP contribution in [0.2, 0.25) is 0 Å². The molecule has 0 atom stereocenters. The molecule has 2 aromatic rings. The van der Waals surface area contributed by atoms with Crippen molar-refractivity contribution < 1.29 is 0 Å². The highest BCUT2D eigenvalue weighted by atomic mass is 14.8. The third-order valence-corrected chi connectivity index (χ3v) is 2.47. The van der Waals surface area contributed by atoms with E-state index in [1.165, 1.54) is 0 Å². The van der Waals surface area contributed by atoms with E-state index in [1.807, 2.05) is 32.1 Å². The summed E-state index contributed by atoms with van der Waals surface area (Å²) in [5.74, 6) is 0. The van der Waals surface area contributed by atoms with E-state index in [9.17, 15) is 0 Å². The molecule has 0 fully saturated rings. The topological polar surface area (TPSA) is 51.8 Å². The lowest BCUT2D eigenvalue weighted by Gasteiger charge is -2.07. The molecule has 76 valence electrons. The van der Waals surface area contributed by atoms with Crippen molar-refractivity contribution in [2.75, 3.05) is 0 Å². The molecule has 0 bridgehead atoms. The minimum Gasteiger partial charge on any atom is -0.397 e. The van der Waals surface area contributed by atoms with Crippen molar-refractivity contribution >= 4 is 16.6 Å². The Balaban J connectivity index is 2.76. The molecule has 0 aliphatic heterocycles. The minimum atomic E-state index is 0.694. The summed E-state index contributed by atoms with van der Waals surface area (Å²) in [5, 5.41) is 1.04. The average Bonchev–Trinajstić information content (AvgIpc) is 2.29. The van der Waals surface area contributed by atoms with Gasteiger partial charge >= 0.3 is 0 Å². The highest BCUT2D eigenvalue weighted by molar-refractivity contribution is 5.84. The molecule has 3 heteroatoms. The summed E-state index contributed by atoms with van der Waals surface area (Å²) in [6.07, 6.45) is 5.44. The van der Waals surface area contributed by atoms with Gasteiger partial charge in [-0.25, -0.2) is 0 Å². The predicted molar refractivity (Wildman–Crippen MR) is 62.1 cm³/mol. The molecule has 0 saturated carbocycles. The smallest absolute Gasteiger partial charge is 0.0906 e. The zero-order valence-corrected chi connectivity index (χ0v) is 8.86. The lowest BCUT2D eigenvalue weighted by atomic mass is 10.1. The molecule has 0 amide bonds. The van der Waals surface area contributed by atoms with Crippen LogP contribution in [0.1, 0.15) is 18.2 Å². The first-order valence-electron chi connectivity index (χ1n) is 4.86. The average molecular weight is 199 g/mol. The summed E-state index contributed by atoms with van der Waals surface area (Å²) in [6, 6.07) is 3.90. The van der Waals surface area contributed by atoms with Crippen molar-refractivity contribution in [3.63, 3.8) is 0 Å². The Morgan fingerprint density at radius 1 is 1.40 bits per heavy atom. The molecule has 0 radical (unpaired) electrons. The van der Waals surface area contributed by atoms with Crippen LogP contribution in [0.5, 0.6) is 0 Å². The standard InChI is InChI=1S/C12H13N3/c1-3-10(13)12-8(2)11-9(7-15-12)5-4-6-14-11/h3-7H,13H2,1-2H3/b10-3+. The van der Waals surface area contributed by atoms with Crippen molar-refractivity contribution in [2.45, 2.75) is 13.8 Å². The molecule has 2 N–H and O–H groups in total. The lowest BCUT2D eigenvalue weighted by Crippen LogP contribution is -2.02. The van der Waals surface area contributed by atoms with E-state index in [4.69, 9.17) is 5.73 Å². The van der Waals surface area contributed by atoms with E-state index in [0.29, 0.717) is 5.70 Å².